The van der Waals surface area contributed by atoms with Crippen LogP contribution in [0.15, 0.2) is 47.6 Å². The van der Waals surface area contributed by atoms with Crippen LogP contribution < -0.4 is 15.0 Å². The van der Waals surface area contributed by atoms with Gasteiger partial charge in [-0.25, -0.2) is 9.78 Å². The molecule has 8 nitrogen and oxygen atoms in total. The second-order valence-corrected chi connectivity index (χ2v) is 9.09. The average molecular weight is 632 g/mol. The van der Waals surface area contributed by atoms with Gasteiger partial charge in [-0.15, -0.1) is 0 Å². The summed E-state index contributed by atoms with van der Waals surface area (Å²) in [6.45, 7) is 3.28. The van der Waals surface area contributed by atoms with E-state index in [9.17, 15) is 9.59 Å². The molecule has 0 amide bonds. The van der Waals surface area contributed by atoms with Crippen LogP contribution in [0.25, 0.3) is 10.9 Å². The van der Waals surface area contributed by atoms with Crippen molar-refractivity contribution in [2.75, 3.05) is 14.2 Å². The van der Waals surface area contributed by atoms with E-state index < -0.39 is 12.1 Å². The lowest BCUT2D eigenvalue weighted by Crippen LogP contribution is -2.25. The van der Waals surface area contributed by atoms with E-state index in [0.29, 0.717) is 42.7 Å². The van der Waals surface area contributed by atoms with Crippen molar-refractivity contribution in [1.29, 1.82) is 0 Å². The maximum Gasteiger partial charge on any atom is 0.346 e. The van der Waals surface area contributed by atoms with E-state index in [2.05, 4.69) is 57.9 Å². The third kappa shape index (κ3) is 4.89. The summed E-state index contributed by atoms with van der Waals surface area (Å²) in [4.78, 5) is 29.1. The molecule has 11 heteroatoms. The summed E-state index contributed by atoms with van der Waals surface area (Å²) in [6.07, 6.45) is 0.658. The number of rotatable bonds is 6. The monoisotopic (exact) mass is 629 g/mol. The first-order valence-electron chi connectivity index (χ1n) is 9.21. The van der Waals surface area contributed by atoms with Gasteiger partial charge < -0.3 is 14.2 Å². The normalized spacial score (nSPS) is 12.2. The highest BCUT2D eigenvalue weighted by atomic mass is 79.9. The SMILES string of the molecule is COC(=O)[C@@H](C)Oc1c(OC)cc(C=Nn2c(C)nc3ccc(Br)cc3c2=O)c(Br)c1Br. The van der Waals surface area contributed by atoms with Crippen LogP contribution in [0.2, 0.25) is 0 Å². The molecule has 0 aliphatic rings. The Morgan fingerprint density at radius 2 is 1.91 bits per heavy atom. The molecule has 0 fully saturated rings. The summed E-state index contributed by atoms with van der Waals surface area (Å²) in [6, 6.07) is 6.98. The molecule has 0 aliphatic carbocycles. The summed E-state index contributed by atoms with van der Waals surface area (Å²) in [5.41, 5.74) is 0.903. The number of benzene rings is 2. The number of fused-ring (bicyclic) bond motifs is 1. The van der Waals surface area contributed by atoms with Gasteiger partial charge >= 0.3 is 5.97 Å². The fraction of sp³-hybridized carbons (Fsp3) is 0.238. The van der Waals surface area contributed by atoms with Crippen LogP contribution in [0.1, 0.15) is 18.3 Å². The molecule has 1 aromatic heterocycles. The fourth-order valence-corrected chi connectivity index (χ4v) is 4.14. The van der Waals surface area contributed by atoms with Crippen molar-refractivity contribution in [2.24, 2.45) is 5.10 Å². The Morgan fingerprint density at radius 3 is 2.56 bits per heavy atom. The predicted molar refractivity (Wildman–Crippen MR) is 132 cm³/mol. The lowest BCUT2D eigenvalue weighted by molar-refractivity contribution is -0.147. The third-order valence-electron chi connectivity index (χ3n) is 4.49. The molecule has 0 N–H and O–H groups in total. The van der Waals surface area contributed by atoms with Crippen LogP contribution in [0, 0.1) is 6.92 Å². The van der Waals surface area contributed by atoms with Gasteiger partial charge in [-0.2, -0.15) is 9.78 Å². The lowest BCUT2D eigenvalue weighted by Gasteiger charge is -2.18. The zero-order valence-corrected chi connectivity index (χ0v) is 22.2. The Bertz CT molecular complexity index is 1290. The number of aryl methyl sites for hydroxylation is 1. The molecule has 3 rings (SSSR count). The van der Waals surface area contributed by atoms with E-state index in [1.807, 2.05) is 6.07 Å². The van der Waals surface area contributed by atoms with Crippen molar-refractivity contribution in [3.8, 4) is 11.5 Å². The summed E-state index contributed by atoms with van der Waals surface area (Å²) in [5.74, 6) is 0.600. The van der Waals surface area contributed by atoms with E-state index >= 15 is 0 Å². The highest BCUT2D eigenvalue weighted by Crippen LogP contribution is 2.42. The molecule has 0 saturated heterocycles. The third-order valence-corrected chi connectivity index (χ3v) is 7.12. The molecule has 0 radical (unpaired) electrons. The van der Waals surface area contributed by atoms with Gasteiger partial charge in [0.1, 0.15) is 5.82 Å². The van der Waals surface area contributed by atoms with E-state index in [-0.39, 0.29) is 5.56 Å². The number of esters is 1. The number of hydrogen-bond donors (Lipinski definition) is 0. The highest BCUT2D eigenvalue weighted by molar-refractivity contribution is 9.13. The van der Waals surface area contributed by atoms with Gasteiger partial charge in [0, 0.05) is 14.5 Å². The number of aromatic nitrogens is 2. The first-order chi connectivity index (χ1) is 15.2. The average Bonchev–Trinajstić information content (AvgIpc) is 2.77. The molecule has 3 aromatic rings. The van der Waals surface area contributed by atoms with Crippen LogP contribution >= 0.6 is 47.8 Å². The first-order valence-corrected chi connectivity index (χ1v) is 11.6. The number of methoxy groups -OCH3 is 2. The topological polar surface area (TPSA) is 92.0 Å². The van der Waals surface area contributed by atoms with Crippen LogP contribution in [-0.2, 0) is 9.53 Å². The predicted octanol–water partition coefficient (Wildman–Crippen LogP) is 4.82. The van der Waals surface area contributed by atoms with Crippen LogP contribution in [0.3, 0.4) is 0 Å². The molecule has 32 heavy (non-hydrogen) atoms. The summed E-state index contributed by atoms with van der Waals surface area (Å²) in [7, 11) is 2.76. The van der Waals surface area contributed by atoms with Gasteiger partial charge in [0.2, 0.25) is 0 Å². The van der Waals surface area contributed by atoms with Crippen LogP contribution in [0.5, 0.6) is 11.5 Å². The zero-order valence-electron chi connectivity index (χ0n) is 17.5. The zero-order chi connectivity index (χ0) is 23.6. The van der Waals surface area contributed by atoms with E-state index in [0.717, 1.165) is 4.47 Å². The molecule has 1 heterocycles. The van der Waals surface area contributed by atoms with Crippen molar-refractivity contribution in [3.63, 3.8) is 0 Å². The number of nitrogens with zero attached hydrogens (tertiary/aromatic N) is 3. The van der Waals surface area contributed by atoms with Crippen molar-refractivity contribution in [1.82, 2.24) is 9.66 Å². The number of halogens is 3. The van der Waals surface area contributed by atoms with Crippen molar-refractivity contribution < 1.29 is 19.0 Å². The summed E-state index contributed by atoms with van der Waals surface area (Å²) < 4.78 is 19.0. The van der Waals surface area contributed by atoms with E-state index in [1.54, 1.807) is 32.0 Å². The fourth-order valence-electron chi connectivity index (χ4n) is 2.87. The van der Waals surface area contributed by atoms with Crippen LogP contribution in [-0.4, -0.2) is 42.2 Å². The molecule has 0 unspecified atom stereocenters. The maximum absolute atomic E-state index is 12.9. The second-order valence-electron chi connectivity index (χ2n) is 6.59. The van der Waals surface area contributed by atoms with Gasteiger partial charge in [-0.1, -0.05) is 15.9 Å². The van der Waals surface area contributed by atoms with Gasteiger partial charge in [0.05, 0.1) is 35.8 Å². The van der Waals surface area contributed by atoms with Crippen LogP contribution in [0.4, 0.5) is 0 Å². The van der Waals surface area contributed by atoms with Crippen molar-refractivity contribution >= 4 is 70.9 Å². The Labute approximate surface area is 209 Å². The minimum Gasteiger partial charge on any atom is -0.493 e. The molecule has 0 aliphatic heterocycles. The molecule has 2 aromatic carbocycles. The van der Waals surface area contributed by atoms with Crippen molar-refractivity contribution in [2.45, 2.75) is 20.0 Å². The van der Waals surface area contributed by atoms with Gasteiger partial charge in [0.15, 0.2) is 17.6 Å². The quantitative estimate of drug-likeness (QED) is 0.286. The summed E-state index contributed by atoms with van der Waals surface area (Å²) in [5, 5.41) is 4.79. The molecule has 168 valence electrons. The molecule has 0 saturated carbocycles. The molecular formula is C21H18Br3N3O5. The number of carbonyl (C=O) groups is 1. The molecule has 0 spiro atoms. The van der Waals surface area contributed by atoms with Crippen molar-refractivity contribution in [3.05, 3.63) is 59.4 Å². The minimum atomic E-state index is -0.846. The second kappa shape index (κ2) is 10.1. The Morgan fingerprint density at radius 1 is 1.19 bits per heavy atom. The first kappa shape index (κ1) is 24.4. The molecular weight excluding hydrogens is 614 g/mol. The maximum atomic E-state index is 12.9. The number of carbonyl (C=O) groups excluding carboxylic acids is 1. The Hall–Kier alpha value is -2.24. The number of ether oxygens (including phenoxy) is 3. The van der Waals surface area contributed by atoms with E-state index in [4.69, 9.17) is 14.2 Å². The van der Waals surface area contributed by atoms with E-state index in [1.165, 1.54) is 25.1 Å². The Kier molecular flexibility index (Phi) is 7.73. The molecule has 1 atom stereocenters. The smallest absolute Gasteiger partial charge is 0.346 e. The summed E-state index contributed by atoms with van der Waals surface area (Å²) >= 11 is 10.3. The van der Waals surface area contributed by atoms with Gasteiger partial charge in [-0.3, -0.25) is 4.79 Å². The highest BCUT2D eigenvalue weighted by Gasteiger charge is 2.22. The minimum absolute atomic E-state index is 0.293. The number of hydrogen-bond acceptors (Lipinski definition) is 7. The lowest BCUT2D eigenvalue weighted by atomic mass is 10.2. The van der Waals surface area contributed by atoms with Gasteiger partial charge in [-0.05, 0) is 70.0 Å². The standard InChI is InChI=1S/C21H18Br3N3O5/c1-10(21(29)31-4)32-19-16(30-3)7-12(17(23)18(19)24)9-25-27-11(2)26-15-6-5-13(22)8-14(15)20(27)28/h5-10H,1-4H3/t10-/m1/s1. The largest absolute Gasteiger partial charge is 0.493 e. The Balaban J connectivity index is 2.05. The van der Waals surface area contributed by atoms with Gasteiger partial charge in [0.25, 0.3) is 5.56 Å². The molecule has 0 bridgehead atoms.